The lowest BCUT2D eigenvalue weighted by atomic mass is 10.2. The number of hydrogen-bond acceptors (Lipinski definition) is 4. The molecule has 120 valence electrons. The minimum Gasteiger partial charge on any atom is -0.351 e. The molecule has 0 saturated carbocycles. The molecule has 0 aromatic carbocycles. The fourth-order valence-electron chi connectivity index (χ4n) is 2.72. The second kappa shape index (κ2) is 6.20. The standard InChI is InChI=1S/C16H17FN4O2/c1-11-9-12(10-14(22)19-11)16(23)21-7-5-20(6-8-21)15-13(17)3-2-4-18-15/h2-4,9-10H,5-8H2,1H3,(H,19,22). The summed E-state index contributed by atoms with van der Waals surface area (Å²) in [4.78, 5) is 34.1. The molecule has 0 radical (unpaired) electrons. The Balaban J connectivity index is 1.70. The van der Waals surface area contributed by atoms with Gasteiger partial charge in [0.25, 0.3) is 5.91 Å². The minimum absolute atomic E-state index is 0.180. The molecule has 1 fully saturated rings. The number of aromatic amines is 1. The van der Waals surface area contributed by atoms with E-state index in [1.165, 1.54) is 12.1 Å². The maximum absolute atomic E-state index is 13.8. The van der Waals surface area contributed by atoms with Crippen molar-refractivity contribution < 1.29 is 9.18 Å². The summed E-state index contributed by atoms with van der Waals surface area (Å²) in [6.45, 7) is 3.66. The van der Waals surface area contributed by atoms with Crippen LogP contribution in [-0.2, 0) is 0 Å². The topological polar surface area (TPSA) is 69.3 Å². The lowest BCUT2D eigenvalue weighted by Crippen LogP contribution is -2.49. The highest BCUT2D eigenvalue weighted by atomic mass is 19.1. The fourth-order valence-corrected chi connectivity index (χ4v) is 2.72. The summed E-state index contributed by atoms with van der Waals surface area (Å²) >= 11 is 0. The van der Waals surface area contributed by atoms with Crippen LogP contribution in [0.1, 0.15) is 16.1 Å². The summed E-state index contributed by atoms with van der Waals surface area (Å²) in [6.07, 6.45) is 1.55. The molecule has 0 spiro atoms. The number of nitrogens with one attached hydrogen (secondary N) is 1. The van der Waals surface area contributed by atoms with Gasteiger partial charge in [-0.1, -0.05) is 0 Å². The zero-order chi connectivity index (χ0) is 16.4. The summed E-state index contributed by atoms with van der Waals surface area (Å²) in [5, 5.41) is 0. The van der Waals surface area contributed by atoms with Gasteiger partial charge in [0.2, 0.25) is 5.56 Å². The molecule has 1 N–H and O–H groups in total. The van der Waals surface area contributed by atoms with Crippen LogP contribution in [-0.4, -0.2) is 47.0 Å². The first-order chi connectivity index (χ1) is 11.0. The molecule has 2 aromatic rings. The largest absolute Gasteiger partial charge is 0.351 e. The number of piperazine rings is 1. The summed E-state index contributed by atoms with van der Waals surface area (Å²) in [5.41, 5.74) is 0.737. The lowest BCUT2D eigenvalue weighted by molar-refractivity contribution is 0.0746. The van der Waals surface area contributed by atoms with Gasteiger partial charge in [-0.15, -0.1) is 0 Å². The SMILES string of the molecule is Cc1cc(C(=O)N2CCN(c3ncccc3F)CC2)cc(=O)[nH]1. The van der Waals surface area contributed by atoms with Crippen LogP contribution in [0.15, 0.2) is 35.3 Å². The van der Waals surface area contributed by atoms with Crippen LogP contribution in [0.5, 0.6) is 0 Å². The highest BCUT2D eigenvalue weighted by molar-refractivity contribution is 5.94. The van der Waals surface area contributed by atoms with Crippen LogP contribution in [0.25, 0.3) is 0 Å². The van der Waals surface area contributed by atoms with Gasteiger partial charge in [-0.3, -0.25) is 9.59 Å². The van der Waals surface area contributed by atoms with Gasteiger partial charge in [0.05, 0.1) is 0 Å². The van der Waals surface area contributed by atoms with Crippen molar-refractivity contribution in [3.63, 3.8) is 0 Å². The molecule has 1 aliphatic rings. The third kappa shape index (κ3) is 3.23. The molecular weight excluding hydrogens is 299 g/mol. The minimum atomic E-state index is -0.363. The van der Waals surface area contributed by atoms with Crippen LogP contribution >= 0.6 is 0 Å². The van der Waals surface area contributed by atoms with Gasteiger partial charge in [-0.2, -0.15) is 0 Å². The number of hydrogen-bond donors (Lipinski definition) is 1. The molecule has 2 aromatic heterocycles. The van der Waals surface area contributed by atoms with Gasteiger partial charge in [0, 0.05) is 49.7 Å². The Morgan fingerprint density at radius 3 is 2.65 bits per heavy atom. The number of nitrogens with zero attached hydrogens (tertiary/aromatic N) is 3. The maximum Gasteiger partial charge on any atom is 0.254 e. The third-order valence-electron chi connectivity index (χ3n) is 3.83. The van der Waals surface area contributed by atoms with Crippen molar-refractivity contribution in [2.75, 3.05) is 31.1 Å². The van der Waals surface area contributed by atoms with Crippen LogP contribution < -0.4 is 10.5 Å². The zero-order valence-electron chi connectivity index (χ0n) is 12.8. The smallest absolute Gasteiger partial charge is 0.254 e. The second-order valence-electron chi connectivity index (χ2n) is 5.50. The monoisotopic (exact) mass is 316 g/mol. The Labute approximate surface area is 132 Å². The molecule has 1 amide bonds. The Bertz CT molecular complexity index is 782. The average molecular weight is 316 g/mol. The maximum atomic E-state index is 13.8. The molecule has 1 saturated heterocycles. The number of anilines is 1. The Morgan fingerprint density at radius 2 is 2.00 bits per heavy atom. The number of aryl methyl sites for hydroxylation is 1. The third-order valence-corrected chi connectivity index (χ3v) is 3.83. The number of rotatable bonds is 2. The summed E-state index contributed by atoms with van der Waals surface area (Å²) in [5.74, 6) is -0.232. The van der Waals surface area contributed by atoms with Crippen LogP contribution in [0.2, 0.25) is 0 Å². The molecule has 1 aliphatic heterocycles. The number of carbonyl (C=O) groups excluding carboxylic acids is 1. The van der Waals surface area contributed by atoms with E-state index in [4.69, 9.17) is 0 Å². The molecule has 6 nitrogen and oxygen atoms in total. The Morgan fingerprint density at radius 1 is 1.26 bits per heavy atom. The molecule has 7 heteroatoms. The van der Waals surface area contributed by atoms with Gasteiger partial charge in [-0.25, -0.2) is 9.37 Å². The summed E-state index contributed by atoms with van der Waals surface area (Å²) in [7, 11) is 0. The van der Waals surface area contributed by atoms with Gasteiger partial charge in [-0.05, 0) is 25.1 Å². The van der Waals surface area contributed by atoms with E-state index in [-0.39, 0.29) is 17.3 Å². The predicted molar refractivity (Wildman–Crippen MR) is 84.1 cm³/mol. The number of carbonyl (C=O) groups is 1. The van der Waals surface area contributed by atoms with E-state index in [1.807, 2.05) is 4.90 Å². The zero-order valence-corrected chi connectivity index (χ0v) is 12.8. The van der Waals surface area contributed by atoms with Crippen molar-refractivity contribution in [2.24, 2.45) is 0 Å². The first kappa shape index (κ1) is 15.2. The number of halogens is 1. The average Bonchev–Trinajstić information content (AvgIpc) is 2.54. The molecular formula is C16H17FN4O2. The van der Waals surface area contributed by atoms with Crippen molar-refractivity contribution in [1.29, 1.82) is 0 Å². The molecule has 0 bridgehead atoms. The first-order valence-corrected chi connectivity index (χ1v) is 7.40. The number of pyridine rings is 2. The molecule has 0 unspecified atom stereocenters. The Kier molecular flexibility index (Phi) is 4.10. The van der Waals surface area contributed by atoms with Crippen molar-refractivity contribution in [3.8, 4) is 0 Å². The van der Waals surface area contributed by atoms with Crippen LogP contribution in [0, 0.1) is 12.7 Å². The fraction of sp³-hybridized carbons (Fsp3) is 0.312. The van der Waals surface area contributed by atoms with E-state index < -0.39 is 0 Å². The Hall–Kier alpha value is -2.70. The highest BCUT2D eigenvalue weighted by Gasteiger charge is 2.24. The van der Waals surface area contributed by atoms with Gasteiger partial charge in [0.15, 0.2) is 11.6 Å². The molecule has 0 atom stereocenters. The van der Waals surface area contributed by atoms with Crippen molar-refractivity contribution >= 4 is 11.7 Å². The van der Waals surface area contributed by atoms with E-state index in [0.29, 0.717) is 43.3 Å². The summed E-state index contributed by atoms with van der Waals surface area (Å²) < 4.78 is 13.8. The highest BCUT2D eigenvalue weighted by Crippen LogP contribution is 2.18. The van der Waals surface area contributed by atoms with Gasteiger partial charge < -0.3 is 14.8 Å². The van der Waals surface area contributed by atoms with Crippen LogP contribution in [0.3, 0.4) is 0 Å². The van der Waals surface area contributed by atoms with Crippen LogP contribution in [0.4, 0.5) is 10.2 Å². The lowest BCUT2D eigenvalue weighted by Gasteiger charge is -2.35. The molecule has 3 heterocycles. The second-order valence-corrected chi connectivity index (χ2v) is 5.50. The van der Waals surface area contributed by atoms with Crippen molar-refractivity contribution in [2.45, 2.75) is 6.92 Å². The van der Waals surface area contributed by atoms with E-state index >= 15 is 0 Å². The number of H-pyrrole nitrogens is 1. The molecule has 0 aliphatic carbocycles. The molecule has 23 heavy (non-hydrogen) atoms. The summed E-state index contributed by atoms with van der Waals surface area (Å²) in [6, 6.07) is 5.89. The normalized spacial score (nSPS) is 14.9. The van der Waals surface area contributed by atoms with Crippen molar-refractivity contribution in [3.05, 3.63) is 57.9 Å². The first-order valence-electron chi connectivity index (χ1n) is 7.40. The van der Waals surface area contributed by atoms with Crippen molar-refractivity contribution in [1.82, 2.24) is 14.9 Å². The van der Waals surface area contributed by atoms with E-state index in [1.54, 1.807) is 30.2 Å². The number of amides is 1. The van der Waals surface area contributed by atoms with Gasteiger partial charge in [0.1, 0.15) is 0 Å². The predicted octanol–water partition coefficient (Wildman–Crippen LogP) is 1.18. The van der Waals surface area contributed by atoms with E-state index in [0.717, 1.165) is 0 Å². The molecule has 3 rings (SSSR count). The number of aromatic nitrogens is 2. The quantitative estimate of drug-likeness (QED) is 0.903. The van der Waals surface area contributed by atoms with Gasteiger partial charge >= 0.3 is 0 Å². The van der Waals surface area contributed by atoms with E-state index in [9.17, 15) is 14.0 Å². The van der Waals surface area contributed by atoms with E-state index in [2.05, 4.69) is 9.97 Å².